The van der Waals surface area contributed by atoms with Gasteiger partial charge in [0.1, 0.15) is 5.70 Å². The summed E-state index contributed by atoms with van der Waals surface area (Å²) in [5.41, 5.74) is 8.37. The maximum absolute atomic E-state index is 12.4. The van der Waals surface area contributed by atoms with Crippen molar-refractivity contribution in [3.63, 3.8) is 0 Å². The van der Waals surface area contributed by atoms with Crippen molar-refractivity contribution in [3.8, 4) is 0 Å². The predicted molar refractivity (Wildman–Crippen MR) is 85.7 cm³/mol. The first-order chi connectivity index (χ1) is 11.1. The molecule has 23 heavy (non-hydrogen) atoms. The number of Topliss-reactive ketones (excluding diaryl/α,β-unsaturated/α-hetero) is 1. The third kappa shape index (κ3) is 2.93. The molecule has 0 saturated heterocycles. The molecule has 3 N–H and O–H groups in total. The highest BCUT2D eigenvalue weighted by atomic mass is 16.4. The van der Waals surface area contributed by atoms with Crippen LogP contribution in [0.15, 0.2) is 60.4 Å². The Morgan fingerprint density at radius 3 is 2.48 bits per heavy atom. The summed E-state index contributed by atoms with van der Waals surface area (Å²) in [6, 6.07) is 13.8. The molecule has 0 unspecified atom stereocenters. The van der Waals surface area contributed by atoms with Crippen LogP contribution in [0, 0.1) is 6.92 Å². The number of nitrogens with zero attached hydrogens (tertiary/aromatic N) is 1. The van der Waals surface area contributed by atoms with Crippen LogP contribution in [0.2, 0.25) is 0 Å². The largest absolute Gasteiger partial charge is 0.478 e. The van der Waals surface area contributed by atoms with Crippen LogP contribution >= 0.6 is 0 Å². The Kier molecular flexibility index (Phi) is 3.82. The van der Waals surface area contributed by atoms with Crippen LogP contribution in [0.5, 0.6) is 0 Å². The third-order valence-corrected chi connectivity index (χ3v) is 3.57. The van der Waals surface area contributed by atoms with Gasteiger partial charge >= 0.3 is 5.97 Å². The van der Waals surface area contributed by atoms with Crippen molar-refractivity contribution in [2.45, 2.75) is 6.92 Å². The number of carbonyl (C=O) groups excluding carboxylic acids is 1. The number of allylic oxidation sites excluding steroid dienone is 1. The normalized spacial score (nSPS) is 13.4. The lowest BCUT2D eigenvalue weighted by Crippen LogP contribution is -2.37. The zero-order valence-electron chi connectivity index (χ0n) is 12.4. The van der Waals surface area contributed by atoms with Crippen molar-refractivity contribution in [2.24, 2.45) is 0 Å². The molecule has 6 heteroatoms. The Morgan fingerprint density at radius 1 is 1.04 bits per heavy atom. The van der Waals surface area contributed by atoms with E-state index in [1.807, 2.05) is 13.0 Å². The number of benzene rings is 2. The monoisotopic (exact) mass is 309 g/mol. The Labute approximate surface area is 133 Å². The van der Waals surface area contributed by atoms with Gasteiger partial charge in [-0.1, -0.05) is 36.4 Å². The first-order valence-corrected chi connectivity index (χ1v) is 7.02. The van der Waals surface area contributed by atoms with Crippen molar-refractivity contribution in [3.05, 3.63) is 77.1 Å². The highest BCUT2D eigenvalue weighted by Crippen LogP contribution is 2.23. The number of hydrazine groups is 2. The van der Waals surface area contributed by atoms with E-state index in [-0.39, 0.29) is 11.3 Å². The molecule has 1 aliphatic heterocycles. The summed E-state index contributed by atoms with van der Waals surface area (Å²) in [5.74, 6) is -1.14. The molecule has 3 rings (SSSR count). The Bertz CT molecular complexity index is 800. The van der Waals surface area contributed by atoms with E-state index in [4.69, 9.17) is 5.11 Å². The minimum Gasteiger partial charge on any atom is -0.478 e. The predicted octanol–water partition coefficient (Wildman–Crippen LogP) is 2.25. The van der Waals surface area contributed by atoms with Gasteiger partial charge in [-0.05, 0) is 24.6 Å². The molecule has 0 amide bonds. The number of carboxylic acid groups (broad SMARTS) is 1. The van der Waals surface area contributed by atoms with Crippen LogP contribution in [0.25, 0.3) is 0 Å². The fourth-order valence-electron chi connectivity index (χ4n) is 2.31. The van der Waals surface area contributed by atoms with E-state index in [0.29, 0.717) is 16.9 Å². The number of hydrogen-bond acceptors (Lipinski definition) is 5. The first-order valence-electron chi connectivity index (χ1n) is 7.02. The van der Waals surface area contributed by atoms with Crippen LogP contribution in [-0.4, -0.2) is 16.9 Å². The number of nitrogens with one attached hydrogen (secondary N) is 2. The van der Waals surface area contributed by atoms with Gasteiger partial charge in [-0.3, -0.25) is 15.2 Å². The summed E-state index contributed by atoms with van der Waals surface area (Å²) in [5, 5.41) is 10.7. The fraction of sp³-hybridized carbons (Fsp3) is 0.0588. The van der Waals surface area contributed by atoms with Crippen molar-refractivity contribution >= 4 is 17.4 Å². The summed E-state index contributed by atoms with van der Waals surface area (Å²) in [6.07, 6.45) is 1.61. The van der Waals surface area contributed by atoms with Crippen LogP contribution < -0.4 is 16.0 Å². The molecule has 6 nitrogen and oxygen atoms in total. The number of hydrogen-bond donors (Lipinski definition) is 3. The molecule has 0 aliphatic carbocycles. The lowest BCUT2D eigenvalue weighted by Gasteiger charge is -2.18. The molecule has 0 spiro atoms. The van der Waals surface area contributed by atoms with E-state index in [2.05, 4.69) is 11.0 Å². The molecule has 0 atom stereocenters. The molecule has 0 saturated carbocycles. The molecule has 1 heterocycles. The van der Waals surface area contributed by atoms with Gasteiger partial charge < -0.3 is 5.11 Å². The minimum atomic E-state index is -0.997. The number of aromatic carboxylic acids is 1. The number of aryl methyl sites for hydroxylation is 1. The second-order valence-electron chi connectivity index (χ2n) is 5.15. The van der Waals surface area contributed by atoms with Gasteiger partial charge in [0.2, 0.25) is 5.78 Å². The van der Waals surface area contributed by atoms with Crippen LogP contribution in [0.1, 0.15) is 26.3 Å². The lowest BCUT2D eigenvalue weighted by atomic mass is 10.1. The highest BCUT2D eigenvalue weighted by molar-refractivity contribution is 6.08. The minimum absolute atomic E-state index is 0.146. The molecular formula is C17H15N3O3. The molecular weight excluding hydrogens is 294 g/mol. The third-order valence-electron chi connectivity index (χ3n) is 3.57. The summed E-state index contributed by atoms with van der Waals surface area (Å²) < 4.78 is 0. The van der Waals surface area contributed by atoms with Gasteiger partial charge in [0.25, 0.3) is 0 Å². The van der Waals surface area contributed by atoms with Gasteiger partial charge in [-0.25, -0.2) is 4.79 Å². The molecule has 0 fully saturated rings. The highest BCUT2D eigenvalue weighted by Gasteiger charge is 2.21. The second kappa shape index (κ2) is 5.94. The van der Waals surface area contributed by atoms with Crippen molar-refractivity contribution in [1.82, 2.24) is 11.0 Å². The first kappa shape index (κ1) is 14.8. The average molecular weight is 309 g/mol. The van der Waals surface area contributed by atoms with Crippen molar-refractivity contribution in [1.29, 1.82) is 0 Å². The summed E-state index contributed by atoms with van der Waals surface area (Å²) in [6.45, 7) is 1.87. The fourth-order valence-corrected chi connectivity index (χ4v) is 2.31. The van der Waals surface area contributed by atoms with Gasteiger partial charge in [0, 0.05) is 5.56 Å². The van der Waals surface area contributed by atoms with Gasteiger partial charge in [0.05, 0.1) is 17.5 Å². The maximum atomic E-state index is 12.4. The van der Waals surface area contributed by atoms with E-state index >= 15 is 0 Å². The van der Waals surface area contributed by atoms with Crippen molar-refractivity contribution in [2.75, 3.05) is 5.01 Å². The molecule has 0 aromatic heterocycles. The molecule has 1 aliphatic rings. The number of ketones is 1. The van der Waals surface area contributed by atoms with E-state index < -0.39 is 5.97 Å². The maximum Gasteiger partial charge on any atom is 0.335 e. The zero-order valence-corrected chi connectivity index (χ0v) is 12.4. The second-order valence-corrected chi connectivity index (χ2v) is 5.15. The average Bonchev–Trinajstić information content (AvgIpc) is 3.05. The van der Waals surface area contributed by atoms with E-state index in [1.165, 1.54) is 0 Å². The Hall–Kier alpha value is -3.12. The van der Waals surface area contributed by atoms with Crippen molar-refractivity contribution < 1.29 is 14.7 Å². The quantitative estimate of drug-likeness (QED) is 0.752. The standard InChI is InChI=1S/C17H15N3O3/c1-11-7-8-13(17(22)23)9-15(11)20-10-14(18-19-20)16(21)12-5-3-2-4-6-12/h2-10,18-19H,1H3,(H,22,23). The lowest BCUT2D eigenvalue weighted by molar-refractivity contribution is 0.0696. The SMILES string of the molecule is Cc1ccc(C(=O)O)cc1N1C=C(C(=O)c2ccccc2)NN1. The topological polar surface area (TPSA) is 81.7 Å². The van der Waals surface area contributed by atoms with Gasteiger partial charge in [-0.15, -0.1) is 5.53 Å². The number of carbonyl (C=O) groups is 2. The molecule has 0 bridgehead atoms. The van der Waals surface area contributed by atoms with Gasteiger partial charge in [0.15, 0.2) is 0 Å². The van der Waals surface area contributed by atoms with E-state index in [9.17, 15) is 9.59 Å². The van der Waals surface area contributed by atoms with Crippen LogP contribution in [0.3, 0.4) is 0 Å². The van der Waals surface area contributed by atoms with E-state index in [1.54, 1.807) is 53.7 Å². The Morgan fingerprint density at radius 2 is 1.78 bits per heavy atom. The molecule has 0 radical (unpaired) electrons. The number of anilines is 1. The smallest absolute Gasteiger partial charge is 0.335 e. The summed E-state index contributed by atoms with van der Waals surface area (Å²) >= 11 is 0. The van der Waals surface area contributed by atoms with E-state index in [0.717, 1.165) is 5.56 Å². The van der Waals surface area contributed by atoms with Crippen LogP contribution in [0.4, 0.5) is 5.69 Å². The van der Waals surface area contributed by atoms with Gasteiger partial charge in [-0.2, -0.15) is 0 Å². The molecule has 2 aromatic rings. The summed E-state index contributed by atoms with van der Waals surface area (Å²) in [7, 11) is 0. The number of carboxylic acids is 1. The Balaban J connectivity index is 1.89. The zero-order chi connectivity index (χ0) is 16.4. The molecule has 116 valence electrons. The summed E-state index contributed by atoms with van der Waals surface area (Å²) in [4.78, 5) is 23.5. The molecule has 2 aromatic carbocycles. The van der Waals surface area contributed by atoms with Crippen LogP contribution in [-0.2, 0) is 0 Å². The number of rotatable bonds is 4.